The highest BCUT2D eigenvalue weighted by Gasteiger charge is 2.23. The third-order valence-corrected chi connectivity index (χ3v) is 3.87. The molecule has 1 aromatic rings. The molecule has 0 radical (unpaired) electrons. The first-order chi connectivity index (χ1) is 9.27. The fraction of sp³-hybridized carbons (Fsp3) is 0.357. The number of hydrogen-bond acceptors (Lipinski definition) is 5. The molecule has 0 aromatic heterocycles. The van der Waals surface area contributed by atoms with E-state index in [0.29, 0.717) is 0 Å². The number of aliphatic imine (C=N–C) groups is 1. The molecule has 0 saturated heterocycles. The molecule has 0 aliphatic carbocycles. The van der Waals surface area contributed by atoms with Crippen molar-refractivity contribution < 1.29 is 4.92 Å². The summed E-state index contributed by atoms with van der Waals surface area (Å²) in [5.41, 5.74) is 7.49. The molecule has 2 N–H and O–H groups in total. The minimum absolute atomic E-state index is 0. The Morgan fingerprint density at radius 3 is 2.33 bits per heavy atom. The van der Waals surface area contributed by atoms with Gasteiger partial charge in [-0.05, 0) is 23.8 Å². The molecule has 114 valence electrons. The van der Waals surface area contributed by atoms with E-state index in [9.17, 15) is 10.1 Å². The summed E-state index contributed by atoms with van der Waals surface area (Å²) in [4.78, 5) is 15.7. The number of nitro groups is 1. The minimum atomic E-state index is -0.403. The number of benzene rings is 1. The van der Waals surface area contributed by atoms with Crippen LogP contribution in [0, 0.1) is 15.5 Å². The lowest BCUT2D eigenvalue weighted by atomic mass is 9.89. The van der Waals surface area contributed by atoms with Crippen LogP contribution in [-0.4, -0.2) is 16.1 Å². The van der Waals surface area contributed by atoms with Gasteiger partial charge >= 0.3 is 0 Å². The van der Waals surface area contributed by atoms with Gasteiger partial charge in [0.15, 0.2) is 0 Å². The van der Waals surface area contributed by atoms with Crippen molar-refractivity contribution in [1.29, 1.82) is 0 Å². The predicted octanol–water partition coefficient (Wildman–Crippen LogP) is 3.83. The molecule has 7 heteroatoms. The van der Waals surface area contributed by atoms with Gasteiger partial charge in [0.2, 0.25) is 0 Å². The van der Waals surface area contributed by atoms with E-state index in [1.165, 1.54) is 23.9 Å². The van der Waals surface area contributed by atoms with Gasteiger partial charge in [-0.3, -0.25) is 15.1 Å². The lowest BCUT2D eigenvalue weighted by Crippen LogP contribution is -2.26. The van der Waals surface area contributed by atoms with Gasteiger partial charge in [0, 0.05) is 28.2 Å². The van der Waals surface area contributed by atoms with Crippen LogP contribution in [0.2, 0.25) is 0 Å². The summed E-state index contributed by atoms with van der Waals surface area (Å²) >= 11 is 1.46. The van der Waals surface area contributed by atoms with Crippen LogP contribution in [0.1, 0.15) is 26.3 Å². The Bertz CT molecular complexity index is 591. The summed E-state index contributed by atoms with van der Waals surface area (Å²) in [6.07, 6.45) is 2.01. The monoisotopic (exact) mass is 327 g/mol. The van der Waals surface area contributed by atoms with Crippen LogP contribution in [0.25, 0.3) is 4.91 Å². The predicted molar refractivity (Wildman–Crippen MR) is 90.8 cm³/mol. The number of hydrogen-bond donors (Lipinski definition) is 1. The summed E-state index contributed by atoms with van der Waals surface area (Å²) in [5.74, 6) is 0. The van der Waals surface area contributed by atoms with Crippen LogP contribution >= 0.6 is 24.2 Å². The van der Waals surface area contributed by atoms with Gasteiger partial charge in [-0.25, -0.2) is 0 Å². The molecule has 5 nitrogen and oxygen atoms in total. The number of allylic oxidation sites excluding steroid dienone is 1. The molecule has 1 aliphatic heterocycles. The van der Waals surface area contributed by atoms with Crippen molar-refractivity contribution in [2.24, 2.45) is 16.1 Å². The van der Waals surface area contributed by atoms with Crippen LogP contribution in [0.4, 0.5) is 5.69 Å². The number of nitro benzene ring substituents is 1. The molecule has 0 bridgehead atoms. The number of thioether (sulfide) groups is 1. The van der Waals surface area contributed by atoms with Crippen LogP contribution < -0.4 is 5.73 Å². The molecular formula is C14H18ClN3O2S. The first kappa shape index (κ1) is 17.7. The van der Waals surface area contributed by atoms with Gasteiger partial charge < -0.3 is 5.73 Å². The van der Waals surface area contributed by atoms with E-state index in [1.807, 2.05) is 6.08 Å². The van der Waals surface area contributed by atoms with Gasteiger partial charge in [0.25, 0.3) is 5.69 Å². The van der Waals surface area contributed by atoms with E-state index in [2.05, 4.69) is 25.8 Å². The van der Waals surface area contributed by atoms with Gasteiger partial charge in [0.05, 0.1) is 4.92 Å². The van der Waals surface area contributed by atoms with Crippen LogP contribution in [0.3, 0.4) is 0 Å². The fourth-order valence-electron chi connectivity index (χ4n) is 1.80. The second-order valence-corrected chi connectivity index (χ2v) is 6.74. The van der Waals surface area contributed by atoms with E-state index in [1.54, 1.807) is 12.1 Å². The minimum Gasteiger partial charge on any atom is -0.301 e. The Morgan fingerprint density at radius 1 is 1.29 bits per heavy atom. The molecular weight excluding hydrogens is 310 g/mol. The van der Waals surface area contributed by atoms with E-state index < -0.39 is 4.92 Å². The molecule has 1 heterocycles. The van der Waals surface area contributed by atoms with E-state index in [0.717, 1.165) is 16.2 Å². The molecule has 0 spiro atoms. The highest BCUT2D eigenvalue weighted by atomic mass is 35.5. The summed E-state index contributed by atoms with van der Waals surface area (Å²) < 4.78 is 0. The third-order valence-electron chi connectivity index (χ3n) is 2.91. The van der Waals surface area contributed by atoms with Crippen molar-refractivity contribution in [2.75, 3.05) is 0 Å². The number of nitrogens with zero attached hydrogens (tertiary/aromatic N) is 2. The highest BCUT2D eigenvalue weighted by molar-refractivity contribution is 8.08. The number of halogens is 1. The molecule has 21 heavy (non-hydrogen) atoms. The highest BCUT2D eigenvalue weighted by Crippen LogP contribution is 2.36. The Hall–Kier alpha value is -1.37. The SMILES string of the molecule is CC(C)(C)C1=NC(N)SC(c2ccc([N+](=O)[O-])cc2)=C1.Cl. The van der Waals surface area contributed by atoms with Gasteiger partial charge in [-0.15, -0.1) is 12.4 Å². The van der Waals surface area contributed by atoms with Crippen LogP contribution in [0.15, 0.2) is 35.3 Å². The second kappa shape index (κ2) is 6.60. The number of nitrogens with two attached hydrogens (primary N) is 1. The van der Waals surface area contributed by atoms with Gasteiger partial charge in [-0.2, -0.15) is 0 Å². The van der Waals surface area contributed by atoms with Crippen molar-refractivity contribution in [3.63, 3.8) is 0 Å². The molecule has 0 amide bonds. The number of rotatable bonds is 2. The zero-order valence-electron chi connectivity index (χ0n) is 12.1. The largest absolute Gasteiger partial charge is 0.301 e. The summed E-state index contributed by atoms with van der Waals surface area (Å²) in [6, 6.07) is 6.50. The molecule has 1 unspecified atom stereocenters. The van der Waals surface area contributed by atoms with E-state index in [4.69, 9.17) is 5.73 Å². The van der Waals surface area contributed by atoms with Crippen LogP contribution in [0.5, 0.6) is 0 Å². The van der Waals surface area contributed by atoms with Crippen molar-refractivity contribution >= 4 is 40.5 Å². The third kappa shape index (κ3) is 4.30. The Kier molecular flexibility index (Phi) is 5.55. The average molecular weight is 328 g/mol. The standard InChI is InChI=1S/C14H17N3O2S.ClH/c1-14(2,3)12-8-11(20-13(15)16-12)9-4-6-10(7-5-9)17(18)19;/h4-8,13H,15H2,1-3H3;1H. The van der Waals surface area contributed by atoms with Crippen molar-refractivity contribution in [3.8, 4) is 0 Å². The van der Waals surface area contributed by atoms with Crippen molar-refractivity contribution in [3.05, 3.63) is 46.0 Å². The maximum Gasteiger partial charge on any atom is 0.269 e. The van der Waals surface area contributed by atoms with Crippen LogP contribution in [-0.2, 0) is 0 Å². The molecule has 1 atom stereocenters. The number of non-ortho nitro benzene ring substituents is 1. The smallest absolute Gasteiger partial charge is 0.269 e. The maximum atomic E-state index is 10.7. The quantitative estimate of drug-likeness (QED) is 0.661. The van der Waals surface area contributed by atoms with Gasteiger partial charge in [-0.1, -0.05) is 32.5 Å². The molecule has 2 rings (SSSR count). The molecule has 0 fully saturated rings. The summed E-state index contributed by atoms with van der Waals surface area (Å²) in [6.45, 7) is 6.25. The first-order valence-electron chi connectivity index (χ1n) is 6.24. The lowest BCUT2D eigenvalue weighted by molar-refractivity contribution is -0.384. The zero-order chi connectivity index (χ0) is 14.9. The molecule has 1 aliphatic rings. The summed E-state index contributed by atoms with van der Waals surface area (Å²) in [5, 5.41) is 10.7. The van der Waals surface area contributed by atoms with E-state index >= 15 is 0 Å². The maximum absolute atomic E-state index is 10.7. The first-order valence-corrected chi connectivity index (χ1v) is 7.12. The Balaban J connectivity index is 0.00000220. The fourth-order valence-corrected chi connectivity index (χ4v) is 2.68. The zero-order valence-corrected chi connectivity index (χ0v) is 13.7. The second-order valence-electron chi connectivity index (χ2n) is 5.59. The van der Waals surface area contributed by atoms with E-state index in [-0.39, 0.29) is 29.0 Å². The van der Waals surface area contributed by atoms with Crippen molar-refractivity contribution in [1.82, 2.24) is 0 Å². The average Bonchev–Trinajstić information content (AvgIpc) is 2.37. The van der Waals surface area contributed by atoms with Crippen molar-refractivity contribution in [2.45, 2.75) is 26.3 Å². The summed E-state index contributed by atoms with van der Waals surface area (Å²) in [7, 11) is 0. The molecule has 0 saturated carbocycles. The Morgan fingerprint density at radius 2 is 1.86 bits per heavy atom. The molecule has 1 aromatic carbocycles. The normalized spacial score (nSPS) is 18.4. The Labute approximate surface area is 134 Å². The topological polar surface area (TPSA) is 81.5 Å². The van der Waals surface area contributed by atoms with Gasteiger partial charge in [0.1, 0.15) is 5.50 Å². The lowest BCUT2D eigenvalue weighted by Gasteiger charge is -2.25.